The number of hydrogen-bond acceptors (Lipinski definition) is 5. The maximum atomic E-state index is 13.0. The van der Waals surface area contributed by atoms with Crippen molar-refractivity contribution in [2.75, 3.05) is 23.7 Å². The first-order valence-electron chi connectivity index (χ1n) is 10.4. The van der Waals surface area contributed by atoms with Crippen LogP contribution in [0.4, 0.5) is 20.6 Å². The number of likely N-dealkylation sites (tertiary alicyclic amines) is 1. The first kappa shape index (κ1) is 21.9. The highest BCUT2D eigenvalue weighted by Gasteiger charge is 2.28. The number of nitrogens with zero attached hydrogens (tertiary/aromatic N) is 3. The zero-order chi connectivity index (χ0) is 22.7. The molecule has 1 saturated heterocycles. The van der Waals surface area contributed by atoms with Gasteiger partial charge in [-0.15, -0.1) is 10.2 Å². The Morgan fingerprint density at radius 3 is 2.66 bits per heavy atom. The number of benzene rings is 2. The van der Waals surface area contributed by atoms with Gasteiger partial charge in [0.1, 0.15) is 10.8 Å². The normalized spacial score (nSPS) is 16.0. The standard InChI is InChI=1S/C23H24FN5O2S/c1-14-5-3-7-19(15(14)2)26-23(31)29-12-4-6-16(13-29)21-27-28-22(32-21)20(30)25-18-10-8-17(24)9-11-18/h3,5,7-11,16H,4,6,12-13H2,1-2H3,(H,25,30)(H,26,31)/t16-/m0/s1. The van der Waals surface area contributed by atoms with Gasteiger partial charge in [0.25, 0.3) is 5.91 Å². The molecule has 2 N–H and O–H groups in total. The van der Waals surface area contributed by atoms with E-state index in [0.29, 0.717) is 18.8 Å². The van der Waals surface area contributed by atoms with Crippen molar-refractivity contribution in [2.24, 2.45) is 0 Å². The molecule has 3 aromatic rings. The molecule has 0 spiro atoms. The van der Waals surface area contributed by atoms with Crippen LogP contribution in [-0.2, 0) is 0 Å². The second kappa shape index (κ2) is 9.44. The van der Waals surface area contributed by atoms with Crippen molar-refractivity contribution in [3.63, 3.8) is 0 Å². The SMILES string of the molecule is Cc1cccc(NC(=O)N2CCC[C@H](c3nnc(C(=O)Nc4ccc(F)cc4)s3)C2)c1C. The third-order valence-corrected chi connectivity index (χ3v) is 6.73. The Bertz CT molecular complexity index is 1130. The highest BCUT2D eigenvalue weighted by molar-refractivity contribution is 7.13. The molecule has 0 bridgehead atoms. The van der Waals surface area contributed by atoms with E-state index in [4.69, 9.17) is 0 Å². The van der Waals surface area contributed by atoms with Gasteiger partial charge in [-0.05, 0) is 68.1 Å². The molecule has 32 heavy (non-hydrogen) atoms. The molecule has 0 unspecified atom stereocenters. The average molecular weight is 454 g/mol. The summed E-state index contributed by atoms with van der Waals surface area (Å²) in [5.74, 6) is -0.733. The van der Waals surface area contributed by atoms with Gasteiger partial charge in [-0.3, -0.25) is 4.79 Å². The van der Waals surface area contributed by atoms with E-state index in [1.807, 2.05) is 32.0 Å². The molecule has 1 aromatic heterocycles. The van der Waals surface area contributed by atoms with Crippen molar-refractivity contribution in [3.05, 3.63) is 69.4 Å². The number of rotatable bonds is 4. The van der Waals surface area contributed by atoms with Crippen molar-refractivity contribution in [2.45, 2.75) is 32.6 Å². The van der Waals surface area contributed by atoms with Crippen LogP contribution < -0.4 is 10.6 Å². The van der Waals surface area contributed by atoms with Gasteiger partial charge in [0.05, 0.1) is 0 Å². The molecule has 4 rings (SSSR count). The number of aromatic nitrogens is 2. The quantitative estimate of drug-likeness (QED) is 0.585. The Kier molecular flexibility index (Phi) is 6.45. The summed E-state index contributed by atoms with van der Waals surface area (Å²) in [6.45, 7) is 5.19. The molecule has 1 fully saturated rings. The number of nitrogens with one attached hydrogen (secondary N) is 2. The van der Waals surface area contributed by atoms with Gasteiger partial charge in [0.15, 0.2) is 0 Å². The lowest BCUT2D eigenvalue weighted by Crippen LogP contribution is -2.41. The van der Waals surface area contributed by atoms with E-state index < -0.39 is 0 Å². The van der Waals surface area contributed by atoms with Gasteiger partial charge in [0, 0.05) is 30.4 Å². The number of carbonyl (C=O) groups is 2. The summed E-state index contributed by atoms with van der Waals surface area (Å²) in [7, 11) is 0. The molecule has 7 nitrogen and oxygen atoms in total. The van der Waals surface area contributed by atoms with E-state index in [2.05, 4.69) is 20.8 Å². The summed E-state index contributed by atoms with van der Waals surface area (Å²) in [5.41, 5.74) is 3.47. The van der Waals surface area contributed by atoms with Crippen molar-refractivity contribution in [3.8, 4) is 0 Å². The van der Waals surface area contributed by atoms with Crippen LogP contribution in [0, 0.1) is 19.7 Å². The number of hydrogen-bond donors (Lipinski definition) is 2. The Morgan fingerprint density at radius 2 is 1.88 bits per heavy atom. The number of anilines is 2. The van der Waals surface area contributed by atoms with Crippen molar-refractivity contribution in [1.29, 1.82) is 0 Å². The zero-order valence-corrected chi connectivity index (χ0v) is 18.7. The Hall–Kier alpha value is -3.33. The maximum Gasteiger partial charge on any atom is 0.321 e. The van der Waals surface area contributed by atoms with E-state index in [0.717, 1.165) is 34.7 Å². The average Bonchev–Trinajstić information content (AvgIpc) is 3.29. The third-order valence-electron chi connectivity index (χ3n) is 5.64. The minimum absolute atomic E-state index is 0.0259. The minimum atomic E-state index is -0.388. The molecular weight excluding hydrogens is 429 g/mol. The van der Waals surface area contributed by atoms with E-state index >= 15 is 0 Å². The molecule has 166 valence electrons. The van der Waals surface area contributed by atoms with Crippen molar-refractivity contribution in [1.82, 2.24) is 15.1 Å². The largest absolute Gasteiger partial charge is 0.324 e. The van der Waals surface area contributed by atoms with Crippen LogP contribution in [0.5, 0.6) is 0 Å². The van der Waals surface area contributed by atoms with Crippen molar-refractivity contribution < 1.29 is 14.0 Å². The topological polar surface area (TPSA) is 87.2 Å². The van der Waals surface area contributed by atoms with Gasteiger partial charge in [-0.25, -0.2) is 9.18 Å². The number of amides is 3. The lowest BCUT2D eigenvalue weighted by molar-refractivity contribution is 0.102. The summed E-state index contributed by atoms with van der Waals surface area (Å²) in [5, 5.41) is 14.9. The van der Waals surface area contributed by atoms with Crippen LogP contribution in [0.1, 0.15) is 44.7 Å². The lowest BCUT2D eigenvalue weighted by Gasteiger charge is -2.31. The second-order valence-electron chi connectivity index (χ2n) is 7.87. The van der Waals surface area contributed by atoms with Crippen LogP contribution in [0.3, 0.4) is 0 Å². The van der Waals surface area contributed by atoms with Crippen LogP contribution >= 0.6 is 11.3 Å². The number of halogens is 1. The number of urea groups is 1. The van der Waals surface area contributed by atoms with E-state index in [9.17, 15) is 14.0 Å². The molecule has 3 amide bonds. The van der Waals surface area contributed by atoms with Crippen molar-refractivity contribution >= 4 is 34.6 Å². The molecule has 0 aliphatic carbocycles. The molecule has 0 saturated carbocycles. The predicted molar refractivity (Wildman–Crippen MR) is 123 cm³/mol. The third kappa shape index (κ3) is 4.94. The van der Waals surface area contributed by atoms with Crippen LogP contribution in [0.2, 0.25) is 0 Å². The smallest absolute Gasteiger partial charge is 0.321 e. The van der Waals surface area contributed by atoms with Crippen LogP contribution in [0.25, 0.3) is 0 Å². The van der Waals surface area contributed by atoms with E-state index in [-0.39, 0.29) is 28.7 Å². The predicted octanol–water partition coefficient (Wildman–Crippen LogP) is 4.96. The molecule has 1 aliphatic heterocycles. The van der Waals surface area contributed by atoms with E-state index in [1.54, 1.807) is 4.90 Å². The van der Waals surface area contributed by atoms with Crippen LogP contribution in [0.15, 0.2) is 42.5 Å². The highest BCUT2D eigenvalue weighted by atomic mass is 32.1. The summed E-state index contributed by atoms with van der Waals surface area (Å²) in [4.78, 5) is 27.1. The fraction of sp³-hybridized carbons (Fsp3) is 0.304. The molecule has 2 aromatic carbocycles. The van der Waals surface area contributed by atoms with Gasteiger partial charge >= 0.3 is 6.03 Å². The Labute approximate surface area is 189 Å². The fourth-order valence-corrected chi connectivity index (χ4v) is 4.52. The Morgan fingerprint density at radius 1 is 1.09 bits per heavy atom. The minimum Gasteiger partial charge on any atom is -0.324 e. The number of piperidine rings is 1. The molecule has 1 atom stereocenters. The van der Waals surface area contributed by atoms with Gasteiger partial charge in [-0.1, -0.05) is 23.5 Å². The lowest BCUT2D eigenvalue weighted by atomic mass is 9.99. The van der Waals surface area contributed by atoms with Gasteiger partial charge in [-0.2, -0.15) is 0 Å². The number of aryl methyl sites for hydroxylation is 1. The maximum absolute atomic E-state index is 13.0. The molecular formula is C23H24FN5O2S. The first-order chi connectivity index (χ1) is 15.4. The van der Waals surface area contributed by atoms with Crippen LogP contribution in [-0.4, -0.2) is 40.1 Å². The summed E-state index contributed by atoms with van der Waals surface area (Å²) >= 11 is 1.23. The zero-order valence-electron chi connectivity index (χ0n) is 17.9. The molecule has 0 radical (unpaired) electrons. The number of carbonyl (C=O) groups excluding carboxylic acids is 2. The summed E-state index contributed by atoms with van der Waals surface area (Å²) < 4.78 is 13.0. The molecule has 2 heterocycles. The van der Waals surface area contributed by atoms with Gasteiger partial charge in [0.2, 0.25) is 5.01 Å². The Balaban J connectivity index is 1.39. The summed E-state index contributed by atoms with van der Waals surface area (Å²) in [6, 6.07) is 11.2. The summed E-state index contributed by atoms with van der Waals surface area (Å²) in [6.07, 6.45) is 1.73. The molecule has 1 aliphatic rings. The fourth-order valence-electron chi connectivity index (χ4n) is 3.65. The highest BCUT2D eigenvalue weighted by Crippen LogP contribution is 2.30. The monoisotopic (exact) mass is 453 g/mol. The first-order valence-corrected chi connectivity index (χ1v) is 11.2. The van der Waals surface area contributed by atoms with Gasteiger partial charge < -0.3 is 15.5 Å². The second-order valence-corrected chi connectivity index (χ2v) is 8.88. The molecule has 9 heteroatoms. The van der Waals surface area contributed by atoms with E-state index in [1.165, 1.54) is 35.6 Å².